The van der Waals surface area contributed by atoms with Crippen molar-refractivity contribution in [3.8, 4) is 0 Å². The van der Waals surface area contributed by atoms with Crippen LogP contribution in [0.25, 0.3) is 22.1 Å². The molecule has 0 aliphatic carbocycles. The minimum Gasteiger partial charge on any atom is -0.481 e. The number of carboxylic acids is 1. The van der Waals surface area contributed by atoms with E-state index in [0.717, 1.165) is 0 Å². The topological polar surface area (TPSA) is 106 Å². The van der Waals surface area contributed by atoms with Gasteiger partial charge in [0, 0.05) is 24.8 Å². The number of carboxylic acid groups (broad SMARTS) is 1. The van der Waals surface area contributed by atoms with E-state index in [1.54, 1.807) is 49.9 Å². The molecule has 0 saturated carbocycles. The van der Waals surface area contributed by atoms with E-state index >= 15 is 8.78 Å². The van der Waals surface area contributed by atoms with Crippen molar-refractivity contribution in [1.29, 1.82) is 0 Å². The molecule has 8 nitrogen and oxygen atoms in total. The highest BCUT2D eigenvalue weighted by Gasteiger charge is 2.40. The van der Waals surface area contributed by atoms with E-state index < -0.39 is 41.7 Å². The summed E-state index contributed by atoms with van der Waals surface area (Å²) in [5.74, 6) is -5.20. The number of para-hydroxylation sites is 1. The van der Waals surface area contributed by atoms with Crippen molar-refractivity contribution in [3.63, 3.8) is 0 Å². The lowest BCUT2D eigenvalue weighted by molar-refractivity contribution is -0.156. The molecule has 0 unspecified atom stereocenters. The predicted octanol–water partition coefficient (Wildman–Crippen LogP) is 5.81. The standard InChI is InChI=1S/C26H31F2N3O5/c1-25(2,3)36-23(34)17-11-9-15-31(17)22-21-20(16-10-6-7-12-18(16)35-21)29-24(30-22)26(27,28)14-8-4-5-13-19(32)33/h6-7,10,12,17H,4-5,8-9,11,13-15H2,1-3H3,(H,32,33)/t17-/m0/s1. The average Bonchev–Trinajstić information content (AvgIpc) is 3.42. The van der Waals surface area contributed by atoms with Crippen LogP contribution in [0.4, 0.5) is 14.6 Å². The first-order valence-electron chi connectivity index (χ1n) is 12.3. The van der Waals surface area contributed by atoms with Gasteiger partial charge in [0.1, 0.15) is 22.7 Å². The van der Waals surface area contributed by atoms with Gasteiger partial charge < -0.3 is 19.2 Å². The first-order valence-corrected chi connectivity index (χ1v) is 12.3. The van der Waals surface area contributed by atoms with Gasteiger partial charge in [-0.1, -0.05) is 18.6 Å². The number of carbonyl (C=O) groups is 2. The van der Waals surface area contributed by atoms with Crippen molar-refractivity contribution in [2.75, 3.05) is 11.4 Å². The molecule has 4 rings (SSSR count). The third-order valence-corrected chi connectivity index (χ3v) is 6.11. The van der Waals surface area contributed by atoms with Crippen molar-refractivity contribution in [1.82, 2.24) is 9.97 Å². The lowest BCUT2D eigenvalue weighted by atomic mass is 10.1. The quantitative estimate of drug-likeness (QED) is 0.288. The number of esters is 1. The summed E-state index contributed by atoms with van der Waals surface area (Å²) < 4.78 is 42.3. The number of hydrogen-bond acceptors (Lipinski definition) is 7. The Balaban J connectivity index is 1.72. The number of carbonyl (C=O) groups excluding carboxylic acids is 1. The maximum Gasteiger partial charge on any atom is 0.329 e. The summed E-state index contributed by atoms with van der Waals surface area (Å²) in [5.41, 5.74) is 0.328. The van der Waals surface area contributed by atoms with Crippen LogP contribution in [0.5, 0.6) is 0 Å². The lowest BCUT2D eigenvalue weighted by Gasteiger charge is -2.28. The minimum absolute atomic E-state index is 0.0554. The zero-order valence-electron chi connectivity index (χ0n) is 20.7. The number of furan rings is 1. The van der Waals surface area contributed by atoms with Crippen LogP contribution in [0.2, 0.25) is 0 Å². The van der Waals surface area contributed by atoms with Crippen molar-refractivity contribution in [2.24, 2.45) is 0 Å². The molecular weight excluding hydrogens is 472 g/mol. The molecule has 1 N–H and O–H groups in total. The largest absolute Gasteiger partial charge is 0.481 e. The molecule has 0 radical (unpaired) electrons. The molecule has 3 heterocycles. The Kier molecular flexibility index (Phi) is 7.15. The Hall–Kier alpha value is -3.30. The normalized spacial score (nSPS) is 16.7. The first-order chi connectivity index (χ1) is 17.0. The summed E-state index contributed by atoms with van der Waals surface area (Å²) in [6.45, 7) is 5.78. The fourth-order valence-corrected chi connectivity index (χ4v) is 4.48. The molecule has 36 heavy (non-hydrogen) atoms. The van der Waals surface area contributed by atoms with Gasteiger partial charge in [-0.15, -0.1) is 0 Å². The summed E-state index contributed by atoms with van der Waals surface area (Å²) >= 11 is 0. The summed E-state index contributed by atoms with van der Waals surface area (Å²) in [6, 6.07) is 6.37. The summed E-state index contributed by atoms with van der Waals surface area (Å²) in [4.78, 5) is 33.8. The van der Waals surface area contributed by atoms with E-state index in [4.69, 9.17) is 14.3 Å². The fraction of sp³-hybridized carbons (Fsp3) is 0.538. The Morgan fingerprint density at radius 1 is 1.17 bits per heavy atom. The third-order valence-electron chi connectivity index (χ3n) is 6.11. The number of nitrogens with zero attached hydrogens (tertiary/aromatic N) is 3. The van der Waals surface area contributed by atoms with E-state index in [2.05, 4.69) is 9.97 Å². The number of unbranched alkanes of at least 4 members (excludes halogenated alkanes) is 2. The van der Waals surface area contributed by atoms with Gasteiger partial charge in [0.15, 0.2) is 11.4 Å². The first kappa shape index (κ1) is 25.8. The number of halogens is 2. The van der Waals surface area contributed by atoms with Crippen molar-refractivity contribution in [2.45, 2.75) is 83.3 Å². The second kappa shape index (κ2) is 9.99. The van der Waals surface area contributed by atoms with Gasteiger partial charge in [0.05, 0.1) is 0 Å². The smallest absolute Gasteiger partial charge is 0.329 e. The van der Waals surface area contributed by atoms with Crippen molar-refractivity contribution >= 4 is 39.8 Å². The van der Waals surface area contributed by atoms with E-state index in [-0.39, 0.29) is 29.8 Å². The van der Waals surface area contributed by atoms with E-state index in [1.165, 1.54) is 0 Å². The highest BCUT2D eigenvalue weighted by Crippen LogP contribution is 2.40. The number of ether oxygens (including phenoxy) is 1. The number of anilines is 1. The van der Waals surface area contributed by atoms with Gasteiger partial charge >= 0.3 is 17.9 Å². The fourth-order valence-electron chi connectivity index (χ4n) is 4.48. The minimum atomic E-state index is -3.34. The number of alkyl halides is 2. The SMILES string of the molecule is CC(C)(C)OC(=O)[C@@H]1CCCN1c1nc(C(F)(F)CCCCCC(=O)O)nc2c1oc1ccccc12. The van der Waals surface area contributed by atoms with Crippen molar-refractivity contribution < 1.29 is 32.6 Å². The van der Waals surface area contributed by atoms with Crippen LogP contribution in [-0.4, -0.2) is 45.2 Å². The molecule has 1 fully saturated rings. The number of aliphatic carboxylic acids is 1. The van der Waals surface area contributed by atoms with Gasteiger partial charge in [-0.25, -0.2) is 14.8 Å². The molecule has 1 aromatic carbocycles. The van der Waals surface area contributed by atoms with Gasteiger partial charge in [-0.3, -0.25) is 4.79 Å². The second-order valence-corrected chi connectivity index (χ2v) is 10.2. The maximum atomic E-state index is 15.3. The van der Waals surface area contributed by atoms with Crippen molar-refractivity contribution in [3.05, 3.63) is 30.1 Å². The zero-order chi connectivity index (χ0) is 26.1. The van der Waals surface area contributed by atoms with Crippen LogP contribution in [0.1, 0.15) is 71.5 Å². The average molecular weight is 504 g/mol. The van der Waals surface area contributed by atoms with Crippen LogP contribution in [0.3, 0.4) is 0 Å². The van der Waals surface area contributed by atoms with Gasteiger partial charge in [0.25, 0.3) is 0 Å². The van der Waals surface area contributed by atoms with Crippen LogP contribution in [-0.2, 0) is 20.2 Å². The Bertz CT molecular complexity index is 1270. The molecule has 1 saturated heterocycles. The Labute approximate surface area is 207 Å². The monoisotopic (exact) mass is 503 g/mol. The number of fused-ring (bicyclic) bond motifs is 3. The molecule has 1 aliphatic rings. The summed E-state index contributed by atoms with van der Waals surface area (Å²) in [7, 11) is 0. The molecule has 0 amide bonds. The molecular formula is C26H31F2N3O5. The highest BCUT2D eigenvalue weighted by atomic mass is 19.3. The zero-order valence-corrected chi connectivity index (χ0v) is 20.7. The highest BCUT2D eigenvalue weighted by molar-refractivity contribution is 6.06. The third kappa shape index (κ3) is 5.57. The van der Waals surface area contributed by atoms with Gasteiger partial charge in [0.2, 0.25) is 5.82 Å². The molecule has 3 aromatic rings. The van der Waals surface area contributed by atoms with Crippen LogP contribution >= 0.6 is 0 Å². The van der Waals surface area contributed by atoms with E-state index in [0.29, 0.717) is 43.2 Å². The molecule has 194 valence electrons. The second-order valence-electron chi connectivity index (χ2n) is 10.2. The van der Waals surface area contributed by atoms with E-state index in [1.807, 2.05) is 0 Å². The Morgan fingerprint density at radius 3 is 2.64 bits per heavy atom. The van der Waals surface area contributed by atoms with Gasteiger partial charge in [-0.05, 0) is 58.6 Å². The van der Waals surface area contributed by atoms with E-state index in [9.17, 15) is 9.59 Å². The lowest BCUT2D eigenvalue weighted by Crippen LogP contribution is -2.41. The summed E-state index contributed by atoms with van der Waals surface area (Å²) in [5, 5.41) is 9.35. The maximum absolute atomic E-state index is 15.3. The molecule has 10 heteroatoms. The number of rotatable bonds is 9. The number of benzene rings is 1. The van der Waals surface area contributed by atoms with Gasteiger partial charge in [-0.2, -0.15) is 8.78 Å². The Morgan fingerprint density at radius 2 is 1.92 bits per heavy atom. The van der Waals surface area contributed by atoms with Crippen LogP contribution in [0, 0.1) is 0 Å². The molecule has 1 atom stereocenters. The molecule has 0 spiro atoms. The number of aromatic nitrogens is 2. The van der Waals surface area contributed by atoms with Crippen LogP contribution in [0.15, 0.2) is 28.7 Å². The summed E-state index contributed by atoms with van der Waals surface area (Å²) in [6.07, 6.45) is 1.43. The molecule has 1 aliphatic heterocycles. The number of hydrogen-bond donors (Lipinski definition) is 1. The van der Waals surface area contributed by atoms with Crippen LogP contribution < -0.4 is 4.90 Å². The predicted molar refractivity (Wildman–Crippen MR) is 130 cm³/mol. The molecule has 0 bridgehead atoms. The molecule has 2 aromatic heterocycles.